The molecule has 27 heavy (non-hydrogen) atoms. The van der Waals surface area contributed by atoms with E-state index in [0.717, 1.165) is 15.6 Å². The summed E-state index contributed by atoms with van der Waals surface area (Å²) >= 11 is 0. The summed E-state index contributed by atoms with van der Waals surface area (Å²) in [6, 6.07) is 12.8. The van der Waals surface area contributed by atoms with Gasteiger partial charge >= 0.3 is 0 Å². The maximum absolute atomic E-state index is 12.4. The largest absolute Gasteiger partial charge is 0.376 e. The van der Waals surface area contributed by atoms with Crippen LogP contribution >= 0.6 is 0 Å². The third-order valence-corrected chi connectivity index (χ3v) is 6.07. The van der Waals surface area contributed by atoms with Crippen molar-refractivity contribution in [2.24, 2.45) is 0 Å². The first-order chi connectivity index (χ1) is 12.6. The number of amides is 1. The van der Waals surface area contributed by atoms with Gasteiger partial charge in [-0.1, -0.05) is 29.8 Å². The van der Waals surface area contributed by atoms with Crippen molar-refractivity contribution in [1.82, 2.24) is 4.31 Å². The Morgan fingerprint density at radius 1 is 1.00 bits per heavy atom. The maximum atomic E-state index is 12.4. The highest BCUT2D eigenvalue weighted by molar-refractivity contribution is 7.89. The van der Waals surface area contributed by atoms with Crippen LogP contribution in [0.15, 0.2) is 47.4 Å². The predicted octanol–water partition coefficient (Wildman–Crippen LogP) is 2.88. The Morgan fingerprint density at radius 2 is 1.63 bits per heavy atom. The van der Waals surface area contributed by atoms with Crippen molar-refractivity contribution in [3.05, 3.63) is 53.6 Å². The summed E-state index contributed by atoms with van der Waals surface area (Å²) < 4.78 is 25.9. The molecule has 0 radical (unpaired) electrons. The van der Waals surface area contributed by atoms with E-state index in [4.69, 9.17) is 0 Å². The third-order valence-electron chi connectivity index (χ3n) is 4.26. The number of sulfonamides is 1. The molecule has 0 saturated heterocycles. The predicted molar refractivity (Wildman–Crippen MR) is 110 cm³/mol. The van der Waals surface area contributed by atoms with Crippen molar-refractivity contribution >= 4 is 27.3 Å². The molecule has 0 aliphatic rings. The van der Waals surface area contributed by atoms with Crippen LogP contribution in [0.5, 0.6) is 0 Å². The van der Waals surface area contributed by atoms with Gasteiger partial charge in [-0.15, -0.1) is 0 Å². The molecule has 0 heterocycles. The Labute approximate surface area is 161 Å². The van der Waals surface area contributed by atoms with Crippen molar-refractivity contribution in [3.63, 3.8) is 0 Å². The Kier molecular flexibility index (Phi) is 6.62. The molecule has 0 aromatic heterocycles. The van der Waals surface area contributed by atoms with Crippen LogP contribution in [0.3, 0.4) is 0 Å². The number of hydrogen-bond donors (Lipinski definition) is 1. The Bertz CT molecular complexity index is 905. The van der Waals surface area contributed by atoms with Crippen molar-refractivity contribution in [2.45, 2.75) is 24.7 Å². The minimum Gasteiger partial charge on any atom is -0.376 e. The minimum absolute atomic E-state index is 0.145. The zero-order valence-electron chi connectivity index (χ0n) is 16.5. The van der Waals surface area contributed by atoms with Crippen molar-refractivity contribution in [2.75, 3.05) is 38.4 Å². The molecule has 0 aliphatic heterocycles. The standard InChI is InChI=1S/C20H27N3O3S/c1-15-6-8-16(9-7-15)10-13-20(24)21-18-14-17(27(25,26)23(4)5)11-12-19(18)22(2)3/h6-9,11-12,14H,10,13H2,1-5H3,(H,21,24). The molecule has 1 N–H and O–H groups in total. The highest BCUT2D eigenvalue weighted by Gasteiger charge is 2.20. The second-order valence-electron chi connectivity index (χ2n) is 6.89. The number of benzene rings is 2. The topological polar surface area (TPSA) is 69.7 Å². The number of nitrogens with one attached hydrogen (secondary N) is 1. The lowest BCUT2D eigenvalue weighted by molar-refractivity contribution is -0.116. The summed E-state index contributed by atoms with van der Waals surface area (Å²) in [7, 11) is 3.08. The molecule has 0 saturated carbocycles. The summed E-state index contributed by atoms with van der Waals surface area (Å²) in [5.74, 6) is -0.155. The quantitative estimate of drug-likeness (QED) is 0.791. The Balaban J connectivity index is 2.19. The lowest BCUT2D eigenvalue weighted by atomic mass is 10.1. The van der Waals surface area contributed by atoms with Gasteiger partial charge in [-0.2, -0.15) is 0 Å². The molecule has 0 fully saturated rings. The van der Waals surface area contributed by atoms with Crippen LogP contribution in [-0.4, -0.2) is 46.8 Å². The van der Waals surface area contributed by atoms with Crippen LogP contribution in [0.1, 0.15) is 17.5 Å². The number of rotatable bonds is 7. The summed E-state index contributed by atoms with van der Waals surface area (Å²) in [5.41, 5.74) is 3.50. The van der Waals surface area contributed by atoms with Gasteiger partial charge in [-0.05, 0) is 37.1 Å². The van der Waals surface area contributed by atoms with E-state index >= 15 is 0 Å². The Morgan fingerprint density at radius 3 is 2.19 bits per heavy atom. The van der Waals surface area contributed by atoms with Crippen molar-refractivity contribution < 1.29 is 13.2 Å². The molecule has 2 aromatic rings. The highest BCUT2D eigenvalue weighted by atomic mass is 32.2. The molecule has 0 bridgehead atoms. The first-order valence-corrected chi connectivity index (χ1v) is 10.1. The fourth-order valence-electron chi connectivity index (χ4n) is 2.60. The lowest BCUT2D eigenvalue weighted by Crippen LogP contribution is -2.23. The summed E-state index contributed by atoms with van der Waals surface area (Å²) in [5, 5.41) is 2.86. The van der Waals surface area contributed by atoms with Crippen LogP contribution in [-0.2, 0) is 21.2 Å². The average molecular weight is 390 g/mol. The Hall–Kier alpha value is -2.38. The zero-order valence-corrected chi connectivity index (χ0v) is 17.3. The molecule has 7 heteroatoms. The van der Waals surface area contributed by atoms with E-state index in [9.17, 15) is 13.2 Å². The van der Waals surface area contributed by atoms with Crippen LogP contribution in [0.4, 0.5) is 11.4 Å². The van der Waals surface area contributed by atoms with Gasteiger partial charge in [0.1, 0.15) is 0 Å². The molecular weight excluding hydrogens is 362 g/mol. The fraction of sp³-hybridized carbons (Fsp3) is 0.350. The van der Waals surface area contributed by atoms with E-state index in [1.54, 1.807) is 12.1 Å². The first-order valence-electron chi connectivity index (χ1n) is 8.70. The van der Waals surface area contributed by atoms with E-state index in [0.29, 0.717) is 18.5 Å². The van der Waals surface area contributed by atoms with Gasteiger partial charge in [-0.25, -0.2) is 12.7 Å². The number of carbonyl (C=O) groups is 1. The summed E-state index contributed by atoms with van der Waals surface area (Å²) in [4.78, 5) is 14.4. The highest BCUT2D eigenvalue weighted by Crippen LogP contribution is 2.28. The number of nitrogens with zero attached hydrogens (tertiary/aromatic N) is 2. The average Bonchev–Trinajstić information content (AvgIpc) is 2.60. The van der Waals surface area contributed by atoms with E-state index in [1.807, 2.05) is 50.2 Å². The van der Waals surface area contributed by atoms with E-state index in [2.05, 4.69) is 5.32 Å². The third kappa shape index (κ3) is 5.30. The number of anilines is 2. The van der Waals surface area contributed by atoms with Crippen LogP contribution in [0.2, 0.25) is 0 Å². The first kappa shape index (κ1) is 20.9. The molecule has 0 spiro atoms. The van der Waals surface area contributed by atoms with Crippen molar-refractivity contribution in [3.8, 4) is 0 Å². The van der Waals surface area contributed by atoms with Gasteiger partial charge in [0.2, 0.25) is 15.9 Å². The molecular formula is C20H27N3O3S. The van der Waals surface area contributed by atoms with Gasteiger partial charge in [0, 0.05) is 34.6 Å². The number of aryl methyl sites for hydroxylation is 2. The second kappa shape index (κ2) is 8.54. The monoisotopic (exact) mass is 389 g/mol. The minimum atomic E-state index is -3.57. The molecule has 146 valence electrons. The van der Waals surface area contributed by atoms with Gasteiger partial charge in [0.15, 0.2) is 0 Å². The number of hydrogen-bond acceptors (Lipinski definition) is 4. The molecule has 6 nitrogen and oxygen atoms in total. The maximum Gasteiger partial charge on any atom is 0.242 e. The smallest absolute Gasteiger partial charge is 0.242 e. The zero-order chi connectivity index (χ0) is 20.2. The SMILES string of the molecule is Cc1ccc(CCC(=O)Nc2cc(S(=O)(=O)N(C)C)ccc2N(C)C)cc1. The summed E-state index contributed by atoms with van der Waals surface area (Å²) in [6.07, 6.45) is 0.944. The molecule has 0 unspecified atom stereocenters. The summed E-state index contributed by atoms with van der Waals surface area (Å²) in [6.45, 7) is 2.02. The van der Waals surface area contributed by atoms with Crippen molar-refractivity contribution in [1.29, 1.82) is 0 Å². The van der Waals surface area contributed by atoms with Gasteiger partial charge in [-0.3, -0.25) is 4.79 Å². The molecule has 2 rings (SSSR count). The number of carbonyl (C=O) groups excluding carboxylic acids is 1. The van der Waals surface area contributed by atoms with Crippen LogP contribution in [0.25, 0.3) is 0 Å². The van der Waals surface area contributed by atoms with Gasteiger partial charge in [0.05, 0.1) is 16.3 Å². The normalized spacial score (nSPS) is 11.5. The van der Waals surface area contributed by atoms with E-state index in [1.165, 1.54) is 25.7 Å². The van der Waals surface area contributed by atoms with Gasteiger partial charge in [0.25, 0.3) is 0 Å². The molecule has 1 amide bonds. The second-order valence-corrected chi connectivity index (χ2v) is 9.05. The van der Waals surface area contributed by atoms with E-state index in [-0.39, 0.29) is 10.8 Å². The molecule has 2 aromatic carbocycles. The van der Waals surface area contributed by atoms with E-state index < -0.39 is 10.0 Å². The van der Waals surface area contributed by atoms with Crippen LogP contribution in [0, 0.1) is 6.92 Å². The lowest BCUT2D eigenvalue weighted by Gasteiger charge is -2.20. The fourth-order valence-corrected chi connectivity index (χ4v) is 3.53. The molecule has 0 atom stereocenters. The van der Waals surface area contributed by atoms with Crippen LogP contribution < -0.4 is 10.2 Å². The van der Waals surface area contributed by atoms with Gasteiger partial charge < -0.3 is 10.2 Å². The molecule has 0 aliphatic carbocycles.